The Labute approximate surface area is 70.8 Å². The third-order valence-corrected chi connectivity index (χ3v) is 2.68. The average Bonchev–Trinajstić information content (AvgIpc) is 2.03. The van der Waals surface area contributed by atoms with Crippen LogP contribution in [-0.4, -0.2) is 11.7 Å². The summed E-state index contributed by atoms with van der Waals surface area (Å²) in [6, 6.07) is 0. The fourth-order valence-electron chi connectivity index (χ4n) is 1.27. The predicted octanol–water partition coefficient (Wildman–Crippen LogP) is 2.83. The Kier molecular flexibility index (Phi) is 6.63. The topological polar surface area (TPSA) is 20.2 Å². The molecule has 1 heteroatoms. The van der Waals surface area contributed by atoms with Gasteiger partial charge < -0.3 is 5.11 Å². The number of rotatable bonds is 6. The van der Waals surface area contributed by atoms with E-state index in [9.17, 15) is 0 Å². The van der Waals surface area contributed by atoms with Gasteiger partial charge in [-0.05, 0) is 18.3 Å². The van der Waals surface area contributed by atoms with Gasteiger partial charge in [-0.25, -0.2) is 0 Å². The molecule has 0 aliphatic heterocycles. The average molecular weight is 158 g/mol. The van der Waals surface area contributed by atoms with E-state index in [0.29, 0.717) is 6.61 Å². The summed E-state index contributed by atoms with van der Waals surface area (Å²) in [6.45, 7) is 7.22. The molecule has 0 radical (unpaired) electrons. The van der Waals surface area contributed by atoms with E-state index in [2.05, 4.69) is 20.8 Å². The second kappa shape index (κ2) is 6.66. The van der Waals surface area contributed by atoms with E-state index in [4.69, 9.17) is 5.11 Å². The van der Waals surface area contributed by atoms with Gasteiger partial charge in [0.1, 0.15) is 0 Å². The van der Waals surface area contributed by atoms with E-state index >= 15 is 0 Å². The lowest BCUT2D eigenvalue weighted by Gasteiger charge is -2.17. The fraction of sp³-hybridized carbons (Fsp3) is 1.00. The molecule has 0 aliphatic carbocycles. The molecule has 0 aromatic rings. The summed E-state index contributed by atoms with van der Waals surface area (Å²) in [7, 11) is 0. The van der Waals surface area contributed by atoms with Crippen LogP contribution < -0.4 is 0 Å². The number of aliphatic hydroxyl groups excluding tert-OH is 1. The molecule has 0 aromatic carbocycles. The van der Waals surface area contributed by atoms with Crippen molar-refractivity contribution in [1.82, 2.24) is 0 Å². The maximum atomic E-state index is 8.57. The highest BCUT2D eigenvalue weighted by atomic mass is 16.2. The second-order valence-corrected chi connectivity index (χ2v) is 3.58. The van der Waals surface area contributed by atoms with Gasteiger partial charge in [-0.2, -0.15) is 0 Å². The van der Waals surface area contributed by atoms with Gasteiger partial charge in [-0.1, -0.05) is 40.0 Å². The van der Waals surface area contributed by atoms with Crippen molar-refractivity contribution in [2.75, 3.05) is 6.61 Å². The molecule has 1 N–H and O–H groups in total. The van der Waals surface area contributed by atoms with E-state index in [-0.39, 0.29) is 0 Å². The highest BCUT2D eigenvalue weighted by molar-refractivity contribution is 4.59. The van der Waals surface area contributed by atoms with E-state index in [1.165, 1.54) is 19.3 Å². The molecule has 11 heavy (non-hydrogen) atoms. The molecular formula is C10H22O. The van der Waals surface area contributed by atoms with Crippen molar-refractivity contribution in [1.29, 1.82) is 0 Å². The van der Waals surface area contributed by atoms with Crippen molar-refractivity contribution in [3.05, 3.63) is 0 Å². The van der Waals surface area contributed by atoms with Gasteiger partial charge in [0.15, 0.2) is 0 Å². The number of aliphatic hydroxyl groups is 1. The molecule has 0 heterocycles. The quantitative estimate of drug-likeness (QED) is 0.589. The summed E-state index contributed by atoms with van der Waals surface area (Å²) in [6.07, 6.45) is 4.71. The van der Waals surface area contributed by atoms with E-state index in [1.807, 2.05) is 0 Å². The first kappa shape index (κ1) is 11.0. The first-order chi connectivity index (χ1) is 5.22. The van der Waals surface area contributed by atoms with Crippen molar-refractivity contribution < 1.29 is 5.11 Å². The van der Waals surface area contributed by atoms with Gasteiger partial charge in [0.2, 0.25) is 0 Å². The van der Waals surface area contributed by atoms with Crippen LogP contribution in [0.25, 0.3) is 0 Å². The zero-order chi connectivity index (χ0) is 8.69. The van der Waals surface area contributed by atoms with E-state index in [0.717, 1.165) is 18.3 Å². The van der Waals surface area contributed by atoms with Crippen LogP contribution in [0.1, 0.15) is 46.5 Å². The molecule has 0 bridgehead atoms. The Morgan fingerprint density at radius 3 is 2.18 bits per heavy atom. The maximum absolute atomic E-state index is 8.57. The fourth-order valence-corrected chi connectivity index (χ4v) is 1.27. The van der Waals surface area contributed by atoms with Gasteiger partial charge in [0.05, 0.1) is 0 Å². The Hall–Kier alpha value is -0.0400. The SMILES string of the molecule is CCC(C)C(C)CCCCO. The summed E-state index contributed by atoms with van der Waals surface area (Å²) in [4.78, 5) is 0. The van der Waals surface area contributed by atoms with Gasteiger partial charge in [-0.15, -0.1) is 0 Å². The Morgan fingerprint density at radius 1 is 1.09 bits per heavy atom. The Balaban J connectivity index is 3.28. The van der Waals surface area contributed by atoms with E-state index in [1.54, 1.807) is 0 Å². The van der Waals surface area contributed by atoms with Crippen molar-refractivity contribution in [2.24, 2.45) is 11.8 Å². The largest absolute Gasteiger partial charge is 0.396 e. The highest BCUT2D eigenvalue weighted by Crippen LogP contribution is 2.19. The monoisotopic (exact) mass is 158 g/mol. The lowest BCUT2D eigenvalue weighted by Crippen LogP contribution is -2.06. The van der Waals surface area contributed by atoms with Gasteiger partial charge in [0, 0.05) is 6.61 Å². The minimum Gasteiger partial charge on any atom is -0.396 e. The first-order valence-corrected chi connectivity index (χ1v) is 4.83. The van der Waals surface area contributed by atoms with Crippen LogP contribution in [0.2, 0.25) is 0 Å². The van der Waals surface area contributed by atoms with E-state index < -0.39 is 0 Å². The molecule has 0 aromatic heterocycles. The van der Waals surface area contributed by atoms with Crippen LogP contribution in [0.3, 0.4) is 0 Å². The minimum atomic E-state index is 0.354. The van der Waals surface area contributed by atoms with Gasteiger partial charge >= 0.3 is 0 Å². The molecule has 0 rings (SSSR count). The molecule has 0 saturated heterocycles. The number of unbranched alkanes of at least 4 members (excludes halogenated alkanes) is 1. The number of hydrogen-bond acceptors (Lipinski definition) is 1. The third kappa shape index (κ3) is 5.25. The lowest BCUT2D eigenvalue weighted by atomic mass is 9.89. The Morgan fingerprint density at radius 2 is 1.73 bits per heavy atom. The van der Waals surface area contributed by atoms with Gasteiger partial charge in [0.25, 0.3) is 0 Å². The molecule has 2 unspecified atom stereocenters. The molecule has 68 valence electrons. The second-order valence-electron chi connectivity index (χ2n) is 3.58. The van der Waals surface area contributed by atoms with Crippen molar-refractivity contribution in [3.63, 3.8) is 0 Å². The predicted molar refractivity (Wildman–Crippen MR) is 49.6 cm³/mol. The smallest absolute Gasteiger partial charge is 0.0431 e. The molecule has 1 nitrogen and oxygen atoms in total. The summed E-state index contributed by atoms with van der Waals surface area (Å²) >= 11 is 0. The Bertz CT molecular complexity index is 80.9. The molecule has 0 aliphatic rings. The van der Waals surface area contributed by atoms with Crippen molar-refractivity contribution >= 4 is 0 Å². The van der Waals surface area contributed by atoms with Crippen LogP contribution in [-0.2, 0) is 0 Å². The zero-order valence-electron chi connectivity index (χ0n) is 8.14. The standard InChI is InChI=1S/C10H22O/c1-4-9(2)10(3)7-5-6-8-11/h9-11H,4-8H2,1-3H3. The molecule has 0 amide bonds. The molecular weight excluding hydrogens is 136 g/mol. The van der Waals surface area contributed by atoms with Gasteiger partial charge in [-0.3, -0.25) is 0 Å². The van der Waals surface area contributed by atoms with Crippen LogP contribution in [0, 0.1) is 11.8 Å². The van der Waals surface area contributed by atoms with Crippen LogP contribution >= 0.6 is 0 Å². The molecule has 0 saturated carbocycles. The number of hydrogen-bond donors (Lipinski definition) is 1. The van der Waals surface area contributed by atoms with Crippen molar-refractivity contribution in [3.8, 4) is 0 Å². The van der Waals surface area contributed by atoms with Crippen molar-refractivity contribution in [2.45, 2.75) is 46.5 Å². The summed E-state index contributed by atoms with van der Waals surface area (Å²) in [5.74, 6) is 1.67. The minimum absolute atomic E-state index is 0.354. The molecule has 0 fully saturated rings. The summed E-state index contributed by atoms with van der Waals surface area (Å²) in [5, 5.41) is 8.57. The maximum Gasteiger partial charge on any atom is 0.0431 e. The van der Waals surface area contributed by atoms with Crippen LogP contribution in [0.15, 0.2) is 0 Å². The molecule has 0 spiro atoms. The molecule has 2 atom stereocenters. The third-order valence-electron chi connectivity index (χ3n) is 2.68. The lowest BCUT2D eigenvalue weighted by molar-refractivity contribution is 0.269. The summed E-state index contributed by atoms with van der Waals surface area (Å²) < 4.78 is 0. The highest BCUT2D eigenvalue weighted by Gasteiger charge is 2.08. The first-order valence-electron chi connectivity index (χ1n) is 4.83. The zero-order valence-corrected chi connectivity index (χ0v) is 8.14. The van der Waals surface area contributed by atoms with Crippen LogP contribution in [0.5, 0.6) is 0 Å². The summed E-state index contributed by atoms with van der Waals surface area (Å²) in [5.41, 5.74) is 0. The normalized spacial score (nSPS) is 16.4. The van der Waals surface area contributed by atoms with Crippen LogP contribution in [0.4, 0.5) is 0 Å².